The van der Waals surface area contributed by atoms with E-state index < -0.39 is 23.1 Å². The summed E-state index contributed by atoms with van der Waals surface area (Å²) in [6.07, 6.45) is -2.78. The molecule has 3 nitrogen and oxygen atoms in total. The molecule has 3 rings (SSSR count). The van der Waals surface area contributed by atoms with Gasteiger partial charge in [-0.15, -0.1) is 6.58 Å². The Labute approximate surface area is 153 Å². The third kappa shape index (κ3) is 2.74. The number of ether oxygens (including phenoxy) is 1. The number of methoxy groups -OCH3 is 1. The Morgan fingerprint density at radius 3 is 2.58 bits per heavy atom. The highest BCUT2D eigenvalue weighted by atomic mass is 35.5. The number of anilines is 1. The normalized spacial score (nSPS) is 19.0. The van der Waals surface area contributed by atoms with Crippen molar-refractivity contribution in [1.29, 1.82) is 0 Å². The fourth-order valence-corrected chi connectivity index (χ4v) is 3.53. The molecule has 0 fully saturated rings. The predicted molar refractivity (Wildman–Crippen MR) is 93.7 cm³/mol. The van der Waals surface area contributed by atoms with Crippen LogP contribution in [0.15, 0.2) is 49.1 Å². The monoisotopic (exact) mass is 381 g/mol. The van der Waals surface area contributed by atoms with E-state index in [9.17, 15) is 18.0 Å². The van der Waals surface area contributed by atoms with Crippen LogP contribution in [0.1, 0.15) is 23.1 Å². The van der Waals surface area contributed by atoms with E-state index in [0.29, 0.717) is 21.9 Å². The van der Waals surface area contributed by atoms with E-state index >= 15 is 0 Å². The Balaban J connectivity index is 2.29. The van der Waals surface area contributed by atoms with Crippen LogP contribution in [0.3, 0.4) is 0 Å². The predicted octanol–water partition coefficient (Wildman–Crippen LogP) is 5.18. The van der Waals surface area contributed by atoms with E-state index in [0.717, 1.165) is 12.1 Å². The quantitative estimate of drug-likeness (QED) is 0.741. The number of carbonyl (C=O) groups is 1. The van der Waals surface area contributed by atoms with Crippen molar-refractivity contribution in [3.8, 4) is 5.75 Å². The van der Waals surface area contributed by atoms with Crippen LogP contribution in [0.2, 0.25) is 5.02 Å². The van der Waals surface area contributed by atoms with E-state index in [1.54, 1.807) is 24.3 Å². The van der Waals surface area contributed by atoms with Gasteiger partial charge in [0.05, 0.1) is 12.7 Å². The molecule has 136 valence electrons. The minimum absolute atomic E-state index is 0.119. The van der Waals surface area contributed by atoms with Crippen LogP contribution in [-0.4, -0.2) is 13.0 Å². The second-order valence-corrected chi connectivity index (χ2v) is 6.39. The zero-order chi connectivity index (χ0) is 19.1. The summed E-state index contributed by atoms with van der Waals surface area (Å²) >= 11 is 6.11. The molecule has 1 amide bonds. The number of halogens is 4. The zero-order valence-corrected chi connectivity index (χ0v) is 14.5. The number of rotatable bonds is 4. The summed E-state index contributed by atoms with van der Waals surface area (Å²) in [6.45, 7) is 3.70. The third-order valence-electron chi connectivity index (χ3n) is 4.51. The summed E-state index contributed by atoms with van der Waals surface area (Å²) in [4.78, 5) is 12.9. The Bertz CT molecular complexity index is 895. The van der Waals surface area contributed by atoms with Crippen LogP contribution in [-0.2, 0) is 16.4 Å². The minimum atomic E-state index is -4.50. The van der Waals surface area contributed by atoms with E-state index in [-0.39, 0.29) is 12.1 Å². The molecule has 0 bridgehead atoms. The molecule has 26 heavy (non-hydrogen) atoms. The second-order valence-electron chi connectivity index (χ2n) is 5.95. The summed E-state index contributed by atoms with van der Waals surface area (Å²) in [5.74, 6) is -0.0357. The van der Waals surface area contributed by atoms with Crippen molar-refractivity contribution < 1.29 is 22.7 Å². The molecule has 1 aliphatic heterocycles. The van der Waals surface area contributed by atoms with Gasteiger partial charge < -0.3 is 10.1 Å². The van der Waals surface area contributed by atoms with Crippen molar-refractivity contribution >= 4 is 23.2 Å². The fourth-order valence-electron chi connectivity index (χ4n) is 3.36. The van der Waals surface area contributed by atoms with Crippen LogP contribution >= 0.6 is 11.6 Å². The van der Waals surface area contributed by atoms with E-state index in [2.05, 4.69) is 11.9 Å². The molecule has 2 aromatic rings. The first-order chi connectivity index (χ1) is 12.2. The molecule has 1 aliphatic rings. The van der Waals surface area contributed by atoms with Gasteiger partial charge in [0.15, 0.2) is 0 Å². The summed E-state index contributed by atoms with van der Waals surface area (Å²) in [5, 5.41) is 2.96. The van der Waals surface area contributed by atoms with Crippen LogP contribution in [0.5, 0.6) is 5.75 Å². The SMILES string of the molecule is C=CC[C@@]1(c2cc(Cl)ccc2OC)C(=O)Nc2cc(C(F)(F)F)ccc21. The van der Waals surface area contributed by atoms with Crippen LogP contribution in [0.25, 0.3) is 0 Å². The highest BCUT2D eigenvalue weighted by Gasteiger charge is 2.49. The lowest BCUT2D eigenvalue weighted by Crippen LogP contribution is -2.35. The van der Waals surface area contributed by atoms with Crippen LogP contribution in [0, 0.1) is 0 Å². The zero-order valence-electron chi connectivity index (χ0n) is 13.8. The molecule has 1 heterocycles. The number of carbonyl (C=O) groups excluding carboxylic acids is 1. The second kappa shape index (κ2) is 6.36. The summed E-state index contributed by atoms with van der Waals surface area (Å²) in [7, 11) is 1.45. The first-order valence-corrected chi connectivity index (χ1v) is 8.10. The van der Waals surface area contributed by atoms with Gasteiger partial charge in [-0.05, 0) is 42.3 Å². The van der Waals surface area contributed by atoms with Crippen molar-refractivity contribution in [2.45, 2.75) is 18.0 Å². The van der Waals surface area contributed by atoms with Gasteiger partial charge in [-0.25, -0.2) is 0 Å². The van der Waals surface area contributed by atoms with Gasteiger partial charge in [0, 0.05) is 16.3 Å². The molecule has 1 atom stereocenters. The molecule has 1 N–H and O–H groups in total. The van der Waals surface area contributed by atoms with Gasteiger partial charge in [0.1, 0.15) is 11.2 Å². The number of hydrogen-bond donors (Lipinski definition) is 1. The molecule has 0 aliphatic carbocycles. The van der Waals surface area contributed by atoms with Crippen molar-refractivity contribution in [2.24, 2.45) is 0 Å². The largest absolute Gasteiger partial charge is 0.496 e. The maximum absolute atomic E-state index is 13.0. The molecule has 0 saturated heterocycles. The number of amides is 1. The lowest BCUT2D eigenvalue weighted by atomic mass is 9.72. The number of hydrogen-bond acceptors (Lipinski definition) is 2. The first-order valence-electron chi connectivity index (χ1n) is 7.72. The van der Waals surface area contributed by atoms with Gasteiger partial charge in [-0.2, -0.15) is 13.2 Å². The maximum Gasteiger partial charge on any atom is 0.416 e. The number of fused-ring (bicyclic) bond motifs is 1. The van der Waals surface area contributed by atoms with E-state index in [1.807, 2.05) is 0 Å². The van der Waals surface area contributed by atoms with Gasteiger partial charge in [-0.1, -0.05) is 23.7 Å². The molecule has 0 spiro atoms. The average molecular weight is 382 g/mol. The number of allylic oxidation sites excluding steroid dienone is 1. The fraction of sp³-hybridized carbons (Fsp3) is 0.211. The van der Waals surface area contributed by atoms with Crippen molar-refractivity contribution in [3.05, 3.63) is 70.8 Å². The van der Waals surface area contributed by atoms with Gasteiger partial charge in [0.25, 0.3) is 0 Å². The third-order valence-corrected chi connectivity index (χ3v) is 4.75. The molecular formula is C19H15ClF3NO2. The standard InChI is InChI=1S/C19H15ClF3NO2/c1-3-8-18(14-10-12(20)5-7-16(14)26-2)13-6-4-11(19(21,22)23)9-15(13)24-17(18)25/h3-7,9-10H,1,8H2,2H3,(H,24,25)/t18-/m1/s1. The van der Waals surface area contributed by atoms with Crippen LogP contribution in [0.4, 0.5) is 18.9 Å². The van der Waals surface area contributed by atoms with Crippen molar-refractivity contribution in [2.75, 3.05) is 12.4 Å². The molecule has 0 radical (unpaired) electrons. The Hall–Kier alpha value is -2.47. The Kier molecular flexibility index (Phi) is 4.48. The molecule has 7 heteroatoms. The Morgan fingerprint density at radius 1 is 1.23 bits per heavy atom. The number of nitrogens with one attached hydrogen (secondary N) is 1. The highest BCUT2D eigenvalue weighted by molar-refractivity contribution is 6.30. The molecule has 0 aromatic heterocycles. The van der Waals surface area contributed by atoms with Crippen molar-refractivity contribution in [3.63, 3.8) is 0 Å². The molecule has 0 unspecified atom stereocenters. The van der Waals surface area contributed by atoms with E-state index in [4.69, 9.17) is 16.3 Å². The van der Waals surface area contributed by atoms with Crippen molar-refractivity contribution in [1.82, 2.24) is 0 Å². The van der Waals surface area contributed by atoms with Gasteiger partial charge >= 0.3 is 6.18 Å². The van der Waals surface area contributed by atoms with Crippen LogP contribution < -0.4 is 10.1 Å². The Morgan fingerprint density at radius 2 is 1.96 bits per heavy atom. The molecule has 0 saturated carbocycles. The molecule has 2 aromatic carbocycles. The number of benzene rings is 2. The minimum Gasteiger partial charge on any atom is -0.496 e. The lowest BCUT2D eigenvalue weighted by Gasteiger charge is -2.29. The maximum atomic E-state index is 13.0. The lowest BCUT2D eigenvalue weighted by molar-refractivity contribution is -0.137. The average Bonchev–Trinajstić information content (AvgIpc) is 2.86. The van der Waals surface area contributed by atoms with Gasteiger partial charge in [0.2, 0.25) is 5.91 Å². The highest BCUT2D eigenvalue weighted by Crippen LogP contribution is 2.50. The van der Waals surface area contributed by atoms with Gasteiger partial charge in [-0.3, -0.25) is 4.79 Å². The smallest absolute Gasteiger partial charge is 0.416 e. The molecular weight excluding hydrogens is 367 g/mol. The summed E-state index contributed by atoms with van der Waals surface area (Å²) in [6, 6.07) is 8.06. The topological polar surface area (TPSA) is 38.3 Å². The first kappa shape index (κ1) is 18.3. The number of alkyl halides is 3. The summed E-state index contributed by atoms with van der Waals surface area (Å²) < 4.78 is 44.4. The van der Waals surface area contributed by atoms with E-state index in [1.165, 1.54) is 13.2 Å². The summed E-state index contributed by atoms with van der Waals surface area (Å²) in [5.41, 5.74) is -1.07.